The highest BCUT2D eigenvalue weighted by molar-refractivity contribution is 7.99. The minimum absolute atomic E-state index is 0.154. The van der Waals surface area contributed by atoms with Gasteiger partial charge in [0, 0.05) is 25.3 Å². The van der Waals surface area contributed by atoms with Crippen LogP contribution in [0, 0.1) is 0 Å². The third-order valence-electron chi connectivity index (χ3n) is 2.66. The molecule has 0 unspecified atom stereocenters. The summed E-state index contributed by atoms with van der Waals surface area (Å²) in [5, 5.41) is 8.59. The highest BCUT2D eigenvalue weighted by Gasteiger charge is 2.16. The zero-order chi connectivity index (χ0) is 13.4. The normalized spacial score (nSPS) is 17.5. The quantitative estimate of drug-likeness (QED) is 0.624. The molecule has 6 nitrogen and oxygen atoms in total. The molecule has 7 heteroatoms. The summed E-state index contributed by atoms with van der Waals surface area (Å²) >= 11 is 1.48. The summed E-state index contributed by atoms with van der Waals surface area (Å²) in [5.74, 6) is 0.325. The Kier molecular flexibility index (Phi) is 7.07. The van der Waals surface area contributed by atoms with Gasteiger partial charge in [-0.25, -0.2) is 0 Å². The van der Waals surface area contributed by atoms with Crippen LogP contribution in [0.5, 0.6) is 0 Å². The van der Waals surface area contributed by atoms with Gasteiger partial charge >= 0.3 is 5.97 Å². The van der Waals surface area contributed by atoms with E-state index in [4.69, 9.17) is 15.6 Å². The van der Waals surface area contributed by atoms with Gasteiger partial charge in [0.25, 0.3) is 0 Å². The van der Waals surface area contributed by atoms with Crippen LogP contribution in [0.1, 0.15) is 12.8 Å². The number of carboxylic acid groups (broad SMARTS) is 1. The van der Waals surface area contributed by atoms with Crippen LogP contribution >= 0.6 is 11.8 Å². The number of ether oxygens (including phenoxy) is 1. The van der Waals surface area contributed by atoms with Crippen molar-refractivity contribution in [2.45, 2.75) is 18.9 Å². The summed E-state index contributed by atoms with van der Waals surface area (Å²) in [6.45, 7) is 2.59. The van der Waals surface area contributed by atoms with E-state index in [2.05, 4.69) is 0 Å². The second-order valence-electron chi connectivity index (χ2n) is 4.12. The van der Waals surface area contributed by atoms with Crippen molar-refractivity contribution in [1.82, 2.24) is 4.90 Å². The van der Waals surface area contributed by atoms with Gasteiger partial charge in [-0.1, -0.05) is 0 Å². The van der Waals surface area contributed by atoms with Crippen LogP contribution in [0.4, 0.5) is 0 Å². The topological polar surface area (TPSA) is 92.9 Å². The van der Waals surface area contributed by atoms with Crippen molar-refractivity contribution in [3.05, 3.63) is 0 Å². The number of thioether (sulfide) groups is 1. The molecular weight excluding hydrogens is 256 g/mol. The number of carboxylic acids is 1. The molecule has 0 aliphatic carbocycles. The molecule has 0 spiro atoms. The number of morpholine rings is 1. The number of hydrogen-bond donors (Lipinski definition) is 2. The van der Waals surface area contributed by atoms with E-state index in [1.54, 1.807) is 0 Å². The van der Waals surface area contributed by atoms with Crippen LogP contribution in [0.15, 0.2) is 0 Å². The molecule has 1 saturated heterocycles. The Morgan fingerprint density at radius 1 is 1.39 bits per heavy atom. The standard InChI is InChI=1S/C11H20N2O4S/c12-9(11(15)16)8-18-7-1-2-10(14)13-3-5-17-6-4-13/h9H,1-8,12H2,(H,15,16)/t9-/m0/s1. The van der Waals surface area contributed by atoms with E-state index in [1.807, 2.05) is 4.90 Å². The maximum Gasteiger partial charge on any atom is 0.321 e. The summed E-state index contributed by atoms with van der Waals surface area (Å²) in [6.07, 6.45) is 1.27. The molecule has 1 aliphatic rings. The largest absolute Gasteiger partial charge is 0.480 e. The molecule has 1 fully saturated rings. The van der Waals surface area contributed by atoms with Crippen molar-refractivity contribution < 1.29 is 19.4 Å². The van der Waals surface area contributed by atoms with E-state index in [-0.39, 0.29) is 5.91 Å². The molecule has 0 radical (unpaired) electrons. The van der Waals surface area contributed by atoms with Gasteiger partial charge in [-0.2, -0.15) is 11.8 Å². The van der Waals surface area contributed by atoms with Gasteiger partial charge in [0.05, 0.1) is 13.2 Å². The monoisotopic (exact) mass is 276 g/mol. The lowest BCUT2D eigenvalue weighted by Gasteiger charge is -2.26. The van der Waals surface area contributed by atoms with Gasteiger partial charge in [-0.15, -0.1) is 0 Å². The Labute approximate surface area is 111 Å². The molecule has 1 atom stereocenters. The lowest BCUT2D eigenvalue weighted by atomic mass is 10.3. The molecule has 104 valence electrons. The molecule has 0 aromatic carbocycles. The van der Waals surface area contributed by atoms with Crippen molar-refractivity contribution in [1.29, 1.82) is 0 Å². The Morgan fingerprint density at radius 2 is 2.06 bits per heavy atom. The molecule has 0 aromatic rings. The number of nitrogens with zero attached hydrogens (tertiary/aromatic N) is 1. The van der Waals surface area contributed by atoms with E-state index in [9.17, 15) is 9.59 Å². The molecule has 18 heavy (non-hydrogen) atoms. The van der Waals surface area contributed by atoms with Gasteiger partial charge in [-0.3, -0.25) is 9.59 Å². The van der Waals surface area contributed by atoms with Gasteiger partial charge in [0.1, 0.15) is 6.04 Å². The van der Waals surface area contributed by atoms with Crippen LogP contribution in [-0.2, 0) is 14.3 Å². The number of carbonyl (C=O) groups is 2. The van der Waals surface area contributed by atoms with Gasteiger partial charge in [0.2, 0.25) is 5.91 Å². The van der Waals surface area contributed by atoms with Crippen molar-refractivity contribution in [2.24, 2.45) is 5.73 Å². The molecule has 0 bridgehead atoms. The predicted molar refractivity (Wildman–Crippen MR) is 69.6 cm³/mol. The molecule has 1 aliphatic heterocycles. The van der Waals surface area contributed by atoms with Gasteiger partial charge < -0.3 is 20.5 Å². The summed E-state index contributed by atoms with van der Waals surface area (Å²) in [7, 11) is 0. The van der Waals surface area contributed by atoms with E-state index in [0.29, 0.717) is 38.5 Å². The predicted octanol–water partition coefficient (Wildman–Crippen LogP) is -0.229. The Morgan fingerprint density at radius 3 is 2.67 bits per heavy atom. The van der Waals surface area contributed by atoms with Gasteiger partial charge in [-0.05, 0) is 12.2 Å². The average Bonchev–Trinajstić information content (AvgIpc) is 2.38. The first-order chi connectivity index (χ1) is 8.61. The van der Waals surface area contributed by atoms with E-state index >= 15 is 0 Å². The van der Waals surface area contributed by atoms with Crippen LogP contribution < -0.4 is 5.73 Å². The van der Waals surface area contributed by atoms with E-state index in [0.717, 1.165) is 12.2 Å². The minimum atomic E-state index is -0.980. The number of nitrogens with two attached hydrogens (primary N) is 1. The average molecular weight is 276 g/mol. The van der Waals surface area contributed by atoms with E-state index < -0.39 is 12.0 Å². The minimum Gasteiger partial charge on any atom is -0.480 e. The first kappa shape index (κ1) is 15.3. The number of rotatable bonds is 7. The maximum absolute atomic E-state index is 11.7. The third-order valence-corrected chi connectivity index (χ3v) is 3.83. The molecule has 0 aromatic heterocycles. The van der Waals surface area contributed by atoms with Crippen LogP contribution in [0.3, 0.4) is 0 Å². The lowest BCUT2D eigenvalue weighted by molar-refractivity contribution is -0.138. The van der Waals surface area contributed by atoms with Crippen molar-refractivity contribution in [3.8, 4) is 0 Å². The Balaban J connectivity index is 2.03. The number of hydrogen-bond acceptors (Lipinski definition) is 5. The zero-order valence-corrected chi connectivity index (χ0v) is 11.2. The van der Waals surface area contributed by atoms with E-state index in [1.165, 1.54) is 11.8 Å². The van der Waals surface area contributed by atoms with Crippen molar-refractivity contribution >= 4 is 23.6 Å². The molecule has 1 amide bonds. The molecular formula is C11H20N2O4S. The summed E-state index contributed by atoms with van der Waals surface area (Å²) in [4.78, 5) is 24.0. The second-order valence-corrected chi connectivity index (χ2v) is 5.27. The Bertz CT molecular complexity index is 282. The summed E-state index contributed by atoms with van der Waals surface area (Å²) in [5.41, 5.74) is 5.37. The third kappa shape index (κ3) is 5.70. The summed E-state index contributed by atoms with van der Waals surface area (Å²) in [6, 6.07) is -0.815. The molecule has 0 saturated carbocycles. The van der Waals surface area contributed by atoms with Crippen LogP contribution in [0.25, 0.3) is 0 Å². The number of aliphatic carboxylic acids is 1. The lowest BCUT2D eigenvalue weighted by Crippen LogP contribution is -2.40. The molecule has 3 N–H and O–H groups in total. The molecule has 1 heterocycles. The molecule has 1 rings (SSSR count). The number of carbonyl (C=O) groups excluding carboxylic acids is 1. The highest BCUT2D eigenvalue weighted by Crippen LogP contribution is 2.08. The highest BCUT2D eigenvalue weighted by atomic mass is 32.2. The van der Waals surface area contributed by atoms with Crippen molar-refractivity contribution in [3.63, 3.8) is 0 Å². The smallest absolute Gasteiger partial charge is 0.321 e. The Hall–Kier alpha value is -0.790. The van der Waals surface area contributed by atoms with Crippen molar-refractivity contribution in [2.75, 3.05) is 37.8 Å². The fourth-order valence-electron chi connectivity index (χ4n) is 1.58. The fourth-order valence-corrected chi connectivity index (χ4v) is 2.49. The zero-order valence-electron chi connectivity index (χ0n) is 10.3. The summed E-state index contributed by atoms with van der Waals surface area (Å²) < 4.78 is 5.17. The van der Waals surface area contributed by atoms with Crippen LogP contribution in [0.2, 0.25) is 0 Å². The maximum atomic E-state index is 11.7. The SMILES string of the molecule is N[C@@H](CSCCCC(=O)N1CCOCC1)C(=O)O. The first-order valence-electron chi connectivity index (χ1n) is 6.03. The number of amides is 1. The second kappa shape index (κ2) is 8.34. The fraction of sp³-hybridized carbons (Fsp3) is 0.818. The van der Waals surface area contributed by atoms with Gasteiger partial charge in [0.15, 0.2) is 0 Å². The van der Waals surface area contributed by atoms with Crippen LogP contribution in [-0.4, -0.2) is 65.7 Å². The first-order valence-corrected chi connectivity index (χ1v) is 7.18.